The summed E-state index contributed by atoms with van der Waals surface area (Å²) in [4.78, 5) is 22.8. The maximum atomic E-state index is 11.6. The Morgan fingerprint density at radius 2 is 1.82 bits per heavy atom. The maximum Gasteiger partial charge on any atom is 0.384 e. The molecule has 1 aromatic carbocycles. The standard InChI is InChI=1S/C23H28O5/c1-16(2)19-14-17(15-24)18(21(27-6)22(19)28-7)10-8-9-12-23(3,4)13-11-20(25)26-5/h14-16H,9,12H2,1-7H3. The number of carbonyl (C=O) groups is 2. The number of aldehydes is 1. The molecule has 0 bridgehead atoms. The summed E-state index contributed by atoms with van der Waals surface area (Å²) in [6.45, 7) is 7.91. The number of methoxy groups -OCH3 is 3. The fraction of sp³-hybridized carbons (Fsp3) is 0.478. The second kappa shape index (κ2) is 10.4. The maximum absolute atomic E-state index is 11.6. The predicted molar refractivity (Wildman–Crippen MR) is 109 cm³/mol. The first-order valence-electron chi connectivity index (χ1n) is 9.04. The van der Waals surface area contributed by atoms with Gasteiger partial charge in [-0.05, 0) is 32.3 Å². The predicted octanol–water partition coefficient (Wildman–Crippen LogP) is 3.97. The first kappa shape index (κ1) is 23.1. The zero-order valence-electron chi connectivity index (χ0n) is 17.7. The highest BCUT2D eigenvalue weighted by molar-refractivity contribution is 5.88. The molecule has 0 aliphatic carbocycles. The molecule has 5 nitrogen and oxygen atoms in total. The molecule has 0 radical (unpaired) electrons. The van der Waals surface area contributed by atoms with Crippen LogP contribution in [0.15, 0.2) is 6.07 Å². The third kappa shape index (κ3) is 6.06. The van der Waals surface area contributed by atoms with Gasteiger partial charge < -0.3 is 14.2 Å². The summed E-state index contributed by atoms with van der Waals surface area (Å²) < 4.78 is 15.6. The Labute approximate surface area is 167 Å². The molecule has 0 N–H and O–H groups in total. The van der Waals surface area contributed by atoms with Gasteiger partial charge in [-0.3, -0.25) is 4.79 Å². The van der Waals surface area contributed by atoms with Gasteiger partial charge >= 0.3 is 5.97 Å². The van der Waals surface area contributed by atoms with Crippen LogP contribution in [0.5, 0.6) is 11.5 Å². The van der Waals surface area contributed by atoms with Crippen LogP contribution >= 0.6 is 0 Å². The highest BCUT2D eigenvalue weighted by Crippen LogP contribution is 2.39. The van der Waals surface area contributed by atoms with Gasteiger partial charge in [0.15, 0.2) is 17.8 Å². The number of ether oxygens (including phenoxy) is 3. The van der Waals surface area contributed by atoms with Gasteiger partial charge in [0.25, 0.3) is 0 Å². The monoisotopic (exact) mass is 384 g/mol. The molecule has 0 amide bonds. The second-order valence-corrected chi connectivity index (χ2v) is 7.20. The molecule has 0 atom stereocenters. The fourth-order valence-electron chi connectivity index (χ4n) is 2.60. The van der Waals surface area contributed by atoms with Crippen molar-refractivity contribution in [2.75, 3.05) is 21.3 Å². The van der Waals surface area contributed by atoms with E-state index in [2.05, 4.69) is 28.4 Å². The lowest BCUT2D eigenvalue weighted by Crippen LogP contribution is -2.09. The van der Waals surface area contributed by atoms with E-state index in [1.165, 1.54) is 14.2 Å². The SMILES string of the molecule is COC(=O)C#CC(C)(C)CCC#Cc1c(C=O)cc(C(C)C)c(OC)c1OC. The van der Waals surface area contributed by atoms with E-state index in [0.717, 1.165) is 11.8 Å². The van der Waals surface area contributed by atoms with Crippen molar-refractivity contribution in [1.82, 2.24) is 0 Å². The fourth-order valence-corrected chi connectivity index (χ4v) is 2.60. The Bertz CT molecular complexity index is 842. The van der Waals surface area contributed by atoms with E-state index in [0.29, 0.717) is 35.5 Å². The summed E-state index contributed by atoms with van der Waals surface area (Å²) in [5.41, 5.74) is 1.49. The van der Waals surface area contributed by atoms with E-state index in [1.54, 1.807) is 13.2 Å². The molecule has 0 unspecified atom stereocenters. The van der Waals surface area contributed by atoms with E-state index in [1.807, 2.05) is 27.7 Å². The minimum Gasteiger partial charge on any atom is -0.493 e. The smallest absolute Gasteiger partial charge is 0.384 e. The van der Waals surface area contributed by atoms with Gasteiger partial charge in [0, 0.05) is 28.9 Å². The van der Waals surface area contributed by atoms with Gasteiger partial charge in [-0.25, -0.2) is 4.79 Å². The van der Waals surface area contributed by atoms with Crippen LogP contribution in [-0.2, 0) is 9.53 Å². The molecular formula is C23H28O5. The highest BCUT2D eigenvalue weighted by Gasteiger charge is 2.20. The number of hydrogen-bond acceptors (Lipinski definition) is 5. The van der Waals surface area contributed by atoms with Crippen molar-refractivity contribution < 1.29 is 23.8 Å². The van der Waals surface area contributed by atoms with E-state index in [-0.39, 0.29) is 11.3 Å². The van der Waals surface area contributed by atoms with Crippen molar-refractivity contribution in [3.8, 4) is 35.2 Å². The lowest BCUT2D eigenvalue weighted by Gasteiger charge is -2.18. The van der Waals surface area contributed by atoms with E-state index in [4.69, 9.17) is 9.47 Å². The molecule has 5 heteroatoms. The third-order valence-corrected chi connectivity index (χ3v) is 4.23. The largest absolute Gasteiger partial charge is 0.493 e. The molecule has 1 rings (SSSR count). The zero-order chi connectivity index (χ0) is 21.3. The van der Waals surface area contributed by atoms with Crippen LogP contribution in [0, 0.1) is 29.1 Å². The van der Waals surface area contributed by atoms with E-state index >= 15 is 0 Å². The molecular weight excluding hydrogens is 356 g/mol. The van der Waals surface area contributed by atoms with Gasteiger partial charge in [-0.2, -0.15) is 0 Å². The Balaban J connectivity index is 3.18. The van der Waals surface area contributed by atoms with Crippen LogP contribution in [0.4, 0.5) is 0 Å². The highest BCUT2D eigenvalue weighted by atomic mass is 16.5. The van der Waals surface area contributed by atoms with Crippen molar-refractivity contribution in [3.63, 3.8) is 0 Å². The van der Waals surface area contributed by atoms with Crippen molar-refractivity contribution in [2.24, 2.45) is 5.41 Å². The molecule has 28 heavy (non-hydrogen) atoms. The lowest BCUT2D eigenvalue weighted by atomic mass is 9.88. The molecule has 0 fully saturated rings. The third-order valence-electron chi connectivity index (χ3n) is 4.23. The van der Waals surface area contributed by atoms with Gasteiger partial charge in [0.1, 0.15) is 0 Å². The number of carbonyl (C=O) groups excluding carboxylic acids is 2. The summed E-state index contributed by atoms with van der Waals surface area (Å²) in [6, 6.07) is 1.80. The van der Waals surface area contributed by atoms with Gasteiger partial charge in [0.2, 0.25) is 0 Å². The number of rotatable bonds is 6. The normalized spacial score (nSPS) is 10.3. The van der Waals surface area contributed by atoms with E-state index < -0.39 is 5.97 Å². The minimum absolute atomic E-state index is 0.166. The number of hydrogen-bond donors (Lipinski definition) is 0. The quantitative estimate of drug-likeness (QED) is 0.321. The van der Waals surface area contributed by atoms with Crippen LogP contribution in [0.25, 0.3) is 0 Å². The average molecular weight is 384 g/mol. The summed E-state index contributed by atoms with van der Waals surface area (Å²) in [6.07, 6.45) is 1.98. The molecule has 1 aromatic rings. The Morgan fingerprint density at radius 3 is 2.32 bits per heavy atom. The van der Waals surface area contributed by atoms with Crippen LogP contribution < -0.4 is 9.47 Å². The van der Waals surface area contributed by atoms with Crippen LogP contribution in [0.2, 0.25) is 0 Å². The Kier molecular flexibility index (Phi) is 8.61. The summed E-state index contributed by atoms with van der Waals surface area (Å²) in [7, 11) is 4.41. The summed E-state index contributed by atoms with van der Waals surface area (Å²) in [5.74, 6) is 12.2. The first-order valence-corrected chi connectivity index (χ1v) is 9.04. The topological polar surface area (TPSA) is 61.8 Å². The van der Waals surface area contributed by atoms with Crippen LogP contribution in [0.3, 0.4) is 0 Å². The zero-order valence-corrected chi connectivity index (χ0v) is 17.7. The first-order chi connectivity index (χ1) is 13.2. The lowest BCUT2D eigenvalue weighted by molar-refractivity contribution is -0.133. The van der Waals surface area contributed by atoms with Crippen molar-refractivity contribution in [3.05, 3.63) is 22.8 Å². The molecule has 0 spiro atoms. The molecule has 0 heterocycles. The Morgan fingerprint density at radius 1 is 1.18 bits per heavy atom. The van der Waals surface area contributed by atoms with Crippen LogP contribution in [0.1, 0.15) is 67.9 Å². The summed E-state index contributed by atoms with van der Waals surface area (Å²) in [5, 5.41) is 0. The van der Waals surface area contributed by atoms with Crippen molar-refractivity contribution >= 4 is 12.3 Å². The molecule has 0 aliphatic rings. The van der Waals surface area contributed by atoms with Crippen LogP contribution in [-0.4, -0.2) is 33.6 Å². The minimum atomic E-state index is -0.558. The molecule has 150 valence electrons. The van der Waals surface area contributed by atoms with Gasteiger partial charge in [0.05, 0.1) is 26.9 Å². The number of benzene rings is 1. The molecule has 0 aliphatic heterocycles. The molecule has 0 aromatic heterocycles. The Hall–Kier alpha value is -2.92. The average Bonchev–Trinajstić information content (AvgIpc) is 2.67. The van der Waals surface area contributed by atoms with Crippen molar-refractivity contribution in [1.29, 1.82) is 0 Å². The molecule has 0 saturated heterocycles. The van der Waals surface area contributed by atoms with Gasteiger partial charge in [-0.15, -0.1) is 0 Å². The van der Waals surface area contributed by atoms with E-state index in [9.17, 15) is 9.59 Å². The number of esters is 1. The van der Waals surface area contributed by atoms with Gasteiger partial charge in [-0.1, -0.05) is 31.6 Å². The summed E-state index contributed by atoms with van der Waals surface area (Å²) >= 11 is 0. The van der Waals surface area contributed by atoms with Crippen molar-refractivity contribution in [2.45, 2.75) is 46.5 Å². The molecule has 0 saturated carbocycles. The second-order valence-electron chi connectivity index (χ2n) is 7.20.